The van der Waals surface area contributed by atoms with Crippen molar-refractivity contribution < 1.29 is 9.53 Å². The first-order chi connectivity index (χ1) is 8.33. The number of pyridine rings is 1. The van der Waals surface area contributed by atoms with Crippen LogP contribution >= 0.6 is 0 Å². The summed E-state index contributed by atoms with van der Waals surface area (Å²) in [4.78, 5) is 18.0. The summed E-state index contributed by atoms with van der Waals surface area (Å²) in [6, 6.07) is 3.44. The normalized spacial score (nSPS) is 19.9. The van der Waals surface area contributed by atoms with Crippen LogP contribution in [0.4, 0.5) is 5.69 Å². The Kier molecular flexibility index (Phi) is 4.06. The molecule has 1 aliphatic rings. The zero-order chi connectivity index (χ0) is 12.1. The van der Waals surface area contributed by atoms with Crippen LogP contribution < -0.4 is 10.2 Å². The Morgan fingerprint density at radius 3 is 2.94 bits per heavy atom. The molecule has 0 radical (unpaired) electrons. The number of nitrogens with zero attached hydrogens (tertiary/aromatic N) is 2. The molecule has 1 aliphatic heterocycles. The molecule has 92 valence electrons. The second-order valence-corrected chi connectivity index (χ2v) is 3.87. The number of ether oxygens (including phenoxy) is 1. The van der Waals surface area contributed by atoms with E-state index in [-0.39, 0.29) is 11.9 Å². The highest BCUT2D eigenvalue weighted by Gasteiger charge is 2.26. The lowest BCUT2D eigenvalue weighted by atomic mass is 10.2. The molecule has 17 heavy (non-hydrogen) atoms. The molecule has 0 spiro atoms. The van der Waals surface area contributed by atoms with Crippen LogP contribution in [0, 0.1) is 0 Å². The van der Waals surface area contributed by atoms with Gasteiger partial charge in [-0.15, -0.1) is 0 Å². The average molecular weight is 235 g/mol. The third-order valence-electron chi connectivity index (χ3n) is 2.78. The fourth-order valence-electron chi connectivity index (χ4n) is 1.90. The minimum atomic E-state index is -0.239. The summed E-state index contributed by atoms with van der Waals surface area (Å²) in [6.07, 6.45) is 3.38. The lowest BCUT2D eigenvalue weighted by Crippen LogP contribution is -2.52. The molecule has 0 bridgehead atoms. The molecule has 5 heteroatoms. The summed E-state index contributed by atoms with van der Waals surface area (Å²) >= 11 is 0. The van der Waals surface area contributed by atoms with Gasteiger partial charge < -0.3 is 15.0 Å². The number of aromatic nitrogens is 1. The predicted molar refractivity (Wildman–Crippen MR) is 64.9 cm³/mol. The second kappa shape index (κ2) is 5.75. The Labute approximate surface area is 101 Å². The summed E-state index contributed by atoms with van der Waals surface area (Å²) in [7, 11) is 0. The van der Waals surface area contributed by atoms with E-state index in [1.165, 1.54) is 0 Å². The number of likely N-dealkylation sites (N-methyl/N-ethyl adjacent to an activating group) is 1. The van der Waals surface area contributed by atoms with Crippen molar-refractivity contribution in [2.75, 3.05) is 31.2 Å². The lowest BCUT2D eigenvalue weighted by molar-refractivity contribution is -0.123. The maximum absolute atomic E-state index is 12.3. The van der Waals surface area contributed by atoms with Crippen molar-refractivity contribution in [2.24, 2.45) is 0 Å². The van der Waals surface area contributed by atoms with Gasteiger partial charge in [0.05, 0.1) is 13.2 Å². The fourth-order valence-corrected chi connectivity index (χ4v) is 1.90. The van der Waals surface area contributed by atoms with E-state index in [1.54, 1.807) is 17.3 Å². The minimum absolute atomic E-state index is 0.0541. The molecule has 1 aromatic rings. The molecule has 2 rings (SSSR count). The van der Waals surface area contributed by atoms with Gasteiger partial charge >= 0.3 is 0 Å². The number of rotatable bonds is 3. The largest absolute Gasteiger partial charge is 0.378 e. The SMILES string of the molecule is CCN(C(=O)C1COCCN1)c1ccncc1. The van der Waals surface area contributed by atoms with Crippen LogP contribution in [0.5, 0.6) is 0 Å². The molecule has 5 nitrogen and oxygen atoms in total. The molecule has 1 amide bonds. The summed E-state index contributed by atoms with van der Waals surface area (Å²) in [5.41, 5.74) is 0.875. The molecule has 2 heterocycles. The highest BCUT2D eigenvalue weighted by atomic mass is 16.5. The van der Waals surface area contributed by atoms with Gasteiger partial charge in [-0.1, -0.05) is 0 Å². The van der Waals surface area contributed by atoms with Gasteiger partial charge in [0.2, 0.25) is 5.91 Å². The van der Waals surface area contributed by atoms with Crippen LogP contribution in [0.1, 0.15) is 6.92 Å². The summed E-state index contributed by atoms with van der Waals surface area (Å²) < 4.78 is 5.31. The van der Waals surface area contributed by atoms with Crippen LogP contribution in [0.2, 0.25) is 0 Å². The molecule has 1 unspecified atom stereocenters. The van der Waals surface area contributed by atoms with Crippen LogP contribution in [0.15, 0.2) is 24.5 Å². The quantitative estimate of drug-likeness (QED) is 0.825. The van der Waals surface area contributed by atoms with Crippen molar-refractivity contribution in [1.82, 2.24) is 10.3 Å². The lowest BCUT2D eigenvalue weighted by Gasteiger charge is -2.29. The van der Waals surface area contributed by atoms with Gasteiger partial charge in [-0.3, -0.25) is 9.78 Å². The Morgan fingerprint density at radius 1 is 1.59 bits per heavy atom. The average Bonchev–Trinajstić information content (AvgIpc) is 2.42. The van der Waals surface area contributed by atoms with Crippen LogP contribution in [0.3, 0.4) is 0 Å². The number of nitrogens with one attached hydrogen (secondary N) is 1. The number of carbonyl (C=O) groups is 1. The van der Waals surface area contributed by atoms with Gasteiger partial charge in [-0.2, -0.15) is 0 Å². The van der Waals surface area contributed by atoms with Crippen LogP contribution in [-0.4, -0.2) is 43.2 Å². The standard InChI is InChI=1S/C12H17N3O2/c1-2-15(10-3-5-13-6-4-10)12(16)11-9-17-8-7-14-11/h3-6,11,14H,2,7-9H2,1H3. The first kappa shape index (κ1) is 12.0. The van der Waals surface area contributed by atoms with Gasteiger partial charge in [-0.25, -0.2) is 0 Å². The van der Waals surface area contributed by atoms with Crippen molar-refractivity contribution in [3.05, 3.63) is 24.5 Å². The minimum Gasteiger partial charge on any atom is -0.378 e. The van der Waals surface area contributed by atoms with Crippen LogP contribution in [0.25, 0.3) is 0 Å². The van der Waals surface area contributed by atoms with Gasteiger partial charge in [0.25, 0.3) is 0 Å². The Morgan fingerprint density at radius 2 is 2.35 bits per heavy atom. The Bertz CT molecular complexity index is 363. The van der Waals surface area contributed by atoms with E-state index in [2.05, 4.69) is 10.3 Å². The zero-order valence-corrected chi connectivity index (χ0v) is 9.93. The van der Waals surface area contributed by atoms with Crippen molar-refractivity contribution in [3.63, 3.8) is 0 Å². The topological polar surface area (TPSA) is 54.5 Å². The molecule has 0 saturated carbocycles. The monoisotopic (exact) mass is 235 g/mol. The van der Waals surface area contributed by atoms with E-state index in [0.29, 0.717) is 19.8 Å². The van der Waals surface area contributed by atoms with Gasteiger partial charge in [0.15, 0.2) is 0 Å². The number of anilines is 1. The van der Waals surface area contributed by atoms with E-state index in [4.69, 9.17) is 4.74 Å². The highest BCUT2D eigenvalue weighted by Crippen LogP contribution is 2.13. The Balaban J connectivity index is 2.10. The summed E-state index contributed by atoms with van der Waals surface area (Å²) in [5, 5.41) is 3.17. The molecule has 1 atom stereocenters. The molecule has 0 aliphatic carbocycles. The van der Waals surface area contributed by atoms with E-state index in [1.807, 2.05) is 19.1 Å². The van der Waals surface area contributed by atoms with Gasteiger partial charge in [-0.05, 0) is 19.1 Å². The number of morpholine rings is 1. The third kappa shape index (κ3) is 2.81. The number of carbonyl (C=O) groups excluding carboxylic acids is 1. The predicted octanol–water partition coefficient (Wildman–Crippen LogP) is 0.423. The van der Waals surface area contributed by atoms with Crippen molar-refractivity contribution >= 4 is 11.6 Å². The molecular weight excluding hydrogens is 218 g/mol. The van der Waals surface area contributed by atoms with Crippen molar-refractivity contribution in [2.45, 2.75) is 13.0 Å². The van der Waals surface area contributed by atoms with Crippen LogP contribution in [-0.2, 0) is 9.53 Å². The summed E-state index contributed by atoms with van der Waals surface area (Å²) in [5.74, 6) is 0.0541. The highest BCUT2D eigenvalue weighted by molar-refractivity contribution is 5.97. The fraction of sp³-hybridized carbons (Fsp3) is 0.500. The Hall–Kier alpha value is -1.46. The van der Waals surface area contributed by atoms with Gasteiger partial charge in [0.1, 0.15) is 6.04 Å². The van der Waals surface area contributed by atoms with E-state index < -0.39 is 0 Å². The van der Waals surface area contributed by atoms with E-state index in [0.717, 1.165) is 12.2 Å². The van der Waals surface area contributed by atoms with Gasteiger partial charge in [0, 0.05) is 31.2 Å². The molecule has 1 saturated heterocycles. The number of amides is 1. The maximum atomic E-state index is 12.3. The van der Waals surface area contributed by atoms with E-state index in [9.17, 15) is 4.79 Å². The van der Waals surface area contributed by atoms with Crippen molar-refractivity contribution in [3.8, 4) is 0 Å². The first-order valence-corrected chi connectivity index (χ1v) is 5.85. The second-order valence-electron chi connectivity index (χ2n) is 3.87. The molecular formula is C12H17N3O2. The summed E-state index contributed by atoms with van der Waals surface area (Å²) in [6.45, 7) is 4.44. The maximum Gasteiger partial charge on any atom is 0.246 e. The smallest absolute Gasteiger partial charge is 0.246 e. The first-order valence-electron chi connectivity index (χ1n) is 5.85. The number of hydrogen-bond donors (Lipinski definition) is 1. The zero-order valence-electron chi connectivity index (χ0n) is 9.93. The third-order valence-corrected chi connectivity index (χ3v) is 2.78. The van der Waals surface area contributed by atoms with Crippen molar-refractivity contribution in [1.29, 1.82) is 0 Å². The van der Waals surface area contributed by atoms with E-state index >= 15 is 0 Å². The molecule has 1 aromatic heterocycles. The molecule has 0 aromatic carbocycles. The molecule has 1 fully saturated rings. The number of hydrogen-bond acceptors (Lipinski definition) is 4. The molecule has 1 N–H and O–H groups in total.